The lowest BCUT2D eigenvalue weighted by atomic mass is 10.0. The summed E-state index contributed by atoms with van der Waals surface area (Å²) < 4.78 is 0. The van der Waals surface area contributed by atoms with Gasteiger partial charge in [0.25, 0.3) is 0 Å². The van der Waals surface area contributed by atoms with E-state index in [1.807, 2.05) is 30.5 Å². The molecule has 0 bridgehead atoms. The van der Waals surface area contributed by atoms with Gasteiger partial charge in [0.15, 0.2) is 0 Å². The van der Waals surface area contributed by atoms with Crippen molar-refractivity contribution in [3.63, 3.8) is 0 Å². The van der Waals surface area contributed by atoms with E-state index in [2.05, 4.69) is 47.0 Å². The average Bonchev–Trinajstić information content (AvgIpc) is 3.16. The lowest BCUT2D eigenvalue weighted by molar-refractivity contribution is 0.761. The molecule has 29 heavy (non-hydrogen) atoms. The van der Waals surface area contributed by atoms with Gasteiger partial charge in [-0.15, -0.1) is 17.8 Å². The van der Waals surface area contributed by atoms with Crippen molar-refractivity contribution in [2.24, 2.45) is 0 Å². The topological polar surface area (TPSA) is 25.8 Å². The van der Waals surface area contributed by atoms with Gasteiger partial charge in [-0.1, -0.05) is 44.5 Å². The lowest BCUT2D eigenvalue weighted by Crippen LogP contribution is -1.93. The summed E-state index contributed by atoms with van der Waals surface area (Å²) in [5.74, 6) is 9.27. The van der Waals surface area contributed by atoms with Crippen molar-refractivity contribution in [2.75, 3.05) is 0 Å². The molecular weight excluding hydrogens is 372 g/mol. The van der Waals surface area contributed by atoms with Crippen LogP contribution in [-0.4, -0.2) is 9.97 Å². The summed E-state index contributed by atoms with van der Waals surface area (Å²) in [6.07, 6.45) is 16.1. The van der Waals surface area contributed by atoms with Gasteiger partial charge < -0.3 is 0 Å². The number of hydrogen-bond donors (Lipinski definition) is 0. The first-order valence-corrected chi connectivity index (χ1v) is 11.1. The van der Waals surface area contributed by atoms with E-state index in [0.717, 1.165) is 35.4 Å². The molecule has 0 radical (unpaired) electrons. The molecule has 146 valence electrons. The molecule has 3 aromatic rings. The molecule has 0 saturated carbocycles. The van der Waals surface area contributed by atoms with Crippen molar-refractivity contribution < 1.29 is 0 Å². The van der Waals surface area contributed by atoms with Gasteiger partial charge >= 0.3 is 0 Å². The molecule has 3 heterocycles. The Balaban J connectivity index is 1.78. The standard InChI is InChI=1S/C26H26N2S/c1-4-7-9-22-19-29-26(23(22)10-8-5-2)16-13-21-12-15-25(28-18-21)24-14-11-20(6-3)17-27-24/h3,11-12,14-15,17-19H,4-5,7-10H2,1-2H3. The van der Waals surface area contributed by atoms with Gasteiger partial charge in [0.05, 0.1) is 16.3 Å². The largest absolute Gasteiger partial charge is 0.253 e. The first-order chi connectivity index (χ1) is 14.2. The molecule has 0 aromatic carbocycles. The predicted octanol–water partition coefficient (Wildman–Crippen LogP) is 6.27. The number of nitrogens with zero attached hydrogens (tertiary/aromatic N) is 2. The molecule has 0 aliphatic carbocycles. The Bertz CT molecular complexity index is 1030. The van der Waals surface area contributed by atoms with Crippen molar-refractivity contribution in [2.45, 2.75) is 52.4 Å². The third-order valence-corrected chi connectivity index (χ3v) is 5.82. The second-order valence-corrected chi connectivity index (χ2v) is 7.91. The minimum Gasteiger partial charge on any atom is -0.253 e. The van der Waals surface area contributed by atoms with Crippen LogP contribution in [0.15, 0.2) is 42.0 Å². The number of terminal acetylenes is 1. The van der Waals surface area contributed by atoms with Crippen LogP contribution in [-0.2, 0) is 12.8 Å². The molecule has 0 amide bonds. The van der Waals surface area contributed by atoms with E-state index in [1.165, 1.54) is 41.7 Å². The number of aryl methyl sites for hydroxylation is 1. The molecule has 0 atom stereocenters. The van der Waals surface area contributed by atoms with Crippen LogP contribution in [0.5, 0.6) is 0 Å². The Kier molecular flexibility index (Phi) is 7.62. The highest BCUT2D eigenvalue weighted by Gasteiger charge is 2.09. The zero-order valence-electron chi connectivity index (χ0n) is 17.2. The van der Waals surface area contributed by atoms with Crippen molar-refractivity contribution in [1.29, 1.82) is 0 Å². The maximum Gasteiger partial charge on any atom is 0.0887 e. The summed E-state index contributed by atoms with van der Waals surface area (Å²) in [5.41, 5.74) is 6.26. The molecule has 3 aromatic heterocycles. The van der Waals surface area contributed by atoms with Gasteiger partial charge in [0.2, 0.25) is 0 Å². The summed E-state index contributed by atoms with van der Waals surface area (Å²) in [6, 6.07) is 7.74. The second-order valence-electron chi connectivity index (χ2n) is 7.03. The molecule has 0 unspecified atom stereocenters. The van der Waals surface area contributed by atoms with Crippen molar-refractivity contribution >= 4 is 11.3 Å². The first kappa shape index (κ1) is 20.8. The highest BCUT2D eigenvalue weighted by molar-refractivity contribution is 7.10. The monoisotopic (exact) mass is 398 g/mol. The Labute approximate surface area is 178 Å². The van der Waals surface area contributed by atoms with Crippen LogP contribution in [0.2, 0.25) is 0 Å². The fourth-order valence-corrected chi connectivity index (χ4v) is 4.11. The van der Waals surface area contributed by atoms with E-state index in [4.69, 9.17) is 6.42 Å². The molecule has 0 spiro atoms. The number of rotatable bonds is 7. The lowest BCUT2D eigenvalue weighted by Gasteiger charge is -2.04. The van der Waals surface area contributed by atoms with Crippen molar-refractivity contribution in [1.82, 2.24) is 9.97 Å². The second kappa shape index (κ2) is 10.6. The Morgan fingerprint density at radius 2 is 1.52 bits per heavy atom. The van der Waals surface area contributed by atoms with Crippen LogP contribution >= 0.6 is 11.3 Å². The number of hydrogen-bond acceptors (Lipinski definition) is 3. The quantitative estimate of drug-likeness (QED) is 0.438. The molecule has 2 nitrogen and oxygen atoms in total. The first-order valence-electron chi connectivity index (χ1n) is 10.3. The van der Waals surface area contributed by atoms with E-state index in [0.29, 0.717) is 0 Å². The molecule has 0 aliphatic rings. The summed E-state index contributed by atoms with van der Waals surface area (Å²) in [7, 11) is 0. The van der Waals surface area contributed by atoms with E-state index < -0.39 is 0 Å². The van der Waals surface area contributed by atoms with Crippen LogP contribution in [0.4, 0.5) is 0 Å². The molecule has 0 fully saturated rings. The van der Waals surface area contributed by atoms with Crippen LogP contribution < -0.4 is 0 Å². The Morgan fingerprint density at radius 1 is 0.862 bits per heavy atom. The number of aromatic nitrogens is 2. The van der Waals surface area contributed by atoms with E-state index in [1.54, 1.807) is 17.5 Å². The number of unbranched alkanes of at least 4 members (excludes halogenated alkanes) is 2. The Hall–Kier alpha value is -2.88. The predicted molar refractivity (Wildman–Crippen MR) is 123 cm³/mol. The summed E-state index contributed by atoms with van der Waals surface area (Å²) >= 11 is 1.78. The van der Waals surface area contributed by atoms with Gasteiger partial charge in [-0.25, -0.2) is 0 Å². The fourth-order valence-electron chi connectivity index (χ4n) is 3.11. The van der Waals surface area contributed by atoms with Crippen molar-refractivity contribution in [3.05, 3.63) is 69.2 Å². The van der Waals surface area contributed by atoms with E-state index >= 15 is 0 Å². The Morgan fingerprint density at radius 3 is 2.10 bits per heavy atom. The third kappa shape index (κ3) is 5.57. The number of pyridine rings is 2. The van der Waals surface area contributed by atoms with E-state index in [-0.39, 0.29) is 0 Å². The van der Waals surface area contributed by atoms with Crippen LogP contribution in [0.1, 0.15) is 66.7 Å². The van der Waals surface area contributed by atoms with Crippen LogP contribution in [0.3, 0.4) is 0 Å². The van der Waals surface area contributed by atoms with Gasteiger partial charge in [-0.3, -0.25) is 9.97 Å². The van der Waals surface area contributed by atoms with Crippen LogP contribution in [0, 0.1) is 24.2 Å². The van der Waals surface area contributed by atoms with E-state index in [9.17, 15) is 0 Å². The fraction of sp³-hybridized carbons (Fsp3) is 0.308. The van der Waals surface area contributed by atoms with Gasteiger partial charge in [-0.05, 0) is 66.5 Å². The molecule has 3 heteroatoms. The van der Waals surface area contributed by atoms with Crippen LogP contribution in [0.25, 0.3) is 11.4 Å². The minimum absolute atomic E-state index is 0.768. The maximum atomic E-state index is 5.38. The van der Waals surface area contributed by atoms with Crippen molar-refractivity contribution in [3.8, 4) is 35.6 Å². The van der Waals surface area contributed by atoms with Gasteiger partial charge in [-0.2, -0.15) is 0 Å². The molecule has 0 saturated heterocycles. The van der Waals surface area contributed by atoms with Gasteiger partial charge in [0, 0.05) is 23.5 Å². The molecule has 0 aliphatic heterocycles. The number of thiophene rings is 1. The SMILES string of the molecule is C#Cc1ccc(-c2ccc(C#Cc3scc(CCCC)c3CCCC)cn2)nc1. The summed E-state index contributed by atoms with van der Waals surface area (Å²) in [6.45, 7) is 4.49. The smallest absolute Gasteiger partial charge is 0.0887 e. The normalized spacial score (nSPS) is 10.2. The summed E-state index contributed by atoms with van der Waals surface area (Å²) in [4.78, 5) is 10.1. The minimum atomic E-state index is 0.768. The molecule has 3 rings (SSSR count). The molecular formula is C26H26N2S. The highest BCUT2D eigenvalue weighted by atomic mass is 32.1. The highest BCUT2D eigenvalue weighted by Crippen LogP contribution is 2.25. The zero-order valence-corrected chi connectivity index (χ0v) is 18.0. The average molecular weight is 399 g/mol. The molecule has 0 N–H and O–H groups in total. The zero-order chi connectivity index (χ0) is 20.5. The summed E-state index contributed by atoms with van der Waals surface area (Å²) in [5, 5.41) is 2.30. The van der Waals surface area contributed by atoms with Gasteiger partial charge in [0.1, 0.15) is 0 Å². The maximum absolute atomic E-state index is 5.38. The third-order valence-electron chi connectivity index (χ3n) is 4.84.